The number of hydrogen-bond acceptors (Lipinski definition) is 5. The Bertz CT molecular complexity index is 68.2. The average Bonchev–Trinajstić information content (AvgIpc) is 1.36. The smallest absolute Gasteiger partial charge is 0.822 e. The van der Waals surface area contributed by atoms with E-state index in [4.69, 9.17) is 24.0 Å². The van der Waals surface area contributed by atoms with Gasteiger partial charge in [0.15, 0.2) is 0 Å². The van der Waals surface area contributed by atoms with Gasteiger partial charge in [-0.2, -0.15) is 7.82 Å². The summed E-state index contributed by atoms with van der Waals surface area (Å²) in [5.74, 6) is 0. The Kier molecular flexibility index (Phi) is 14.4. The number of carbonyl (C=O) groups excluding carboxylic acids is 1. The second kappa shape index (κ2) is 7.30. The minimum Gasteiger partial charge on any atom is -0.822 e. The van der Waals surface area contributed by atoms with Crippen LogP contribution >= 0.6 is 7.82 Å². The van der Waals surface area contributed by atoms with E-state index in [2.05, 4.69) is 6.79 Å². The Morgan fingerprint density at radius 1 is 1.12 bits per heavy atom. The maximum Gasteiger partial charge on any atom is 3.00 e. The van der Waals surface area contributed by atoms with Crippen LogP contribution in [0.4, 0.5) is 0 Å². The summed E-state index contributed by atoms with van der Waals surface area (Å²) in [7, 11) is -5.39. The molecule has 0 aromatic rings. The molecule has 0 fully saturated rings. The van der Waals surface area contributed by atoms with E-state index < -0.39 is 7.82 Å². The van der Waals surface area contributed by atoms with E-state index in [0.717, 1.165) is 0 Å². The maximum atomic E-state index is 8.55. The first-order valence-electron chi connectivity index (χ1n) is 0.934. The van der Waals surface area contributed by atoms with Crippen LogP contribution in [0.5, 0.6) is 0 Å². The van der Waals surface area contributed by atoms with E-state index in [0.29, 0.717) is 0 Å². The summed E-state index contributed by atoms with van der Waals surface area (Å²) < 4.78 is 8.55. The van der Waals surface area contributed by atoms with Crippen molar-refractivity contribution in [3.05, 3.63) is 0 Å². The molecule has 0 unspecified atom stereocenters. The fraction of sp³-hybridized carbons (Fsp3) is 0. The van der Waals surface area contributed by atoms with Gasteiger partial charge in [-0.25, -0.2) is 0 Å². The SMILES string of the molecule is O=P([O-])([O-])[O-].[C]=O.[Fe+3]. The van der Waals surface area contributed by atoms with E-state index in [9.17, 15) is 0 Å². The van der Waals surface area contributed by atoms with Crippen molar-refractivity contribution in [2.45, 2.75) is 0 Å². The fourth-order valence-electron chi connectivity index (χ4n) is 0. The van der Waals surface area contributed by atoms with Crippen molar-refractivity contribution in [1.29, 1.82) is 0 Å². The first-order valence-corrected chi connectivity index (χ1v) is 2.40. The summed E-state index contributed by atoms with van der Waals surface area (Å²) in [5.41, 5.74) is 0. The monoisotopic (exact) mass is 179 g/mol. The molecule has 0 saturated carbocycles. The summed E-state index contributed by atoms with van der Waals surface area (Å²) in [5, 5.41) is 0. The zero-order chi connectivity index (χ0) is 6.50. The molecule has 0 aromatic heterocycles. The van der Waals surface area contributed by atoms with E-state index in [1.807, 2.05) is 0 Å². The van der Waals surface area contributed by atoms with Crippen LogP contribution in [0, 0.1) is 0 Å². The molecule has 0 atom stereocenters. The van der Waals surface area contributed by atoms with Crippen LogP contribution in [0.2, 0.25) is 0 Å². The Hall–Kier alpha value is 0.299. The fourth-order valence-corrected chi connectivity index (χ4v) is 0. The predicted molar refractivity (Wildman–Crippen MR) is 13.3 cm³/mol. The second-order valence-electron chi connectivity index (χ2n) is 0.447. The quantitative estimate of drug-likeness (QED) is 0.287. The molecule has 47 valence electrons. The summed E-state index contributed by atoms with van der Waals surface area (Å²) in [6.45, 7) is 4.50. The molecule has 8 heavy (non-hydrogen) atoms. The van der Waals surface area contributed by atoms with Gasteiger partial charge in [-0.1, -0.05) is 0 Å². The van der Waals surface area contributed by atoms with Gasteiger partial charge in [-0.3, -0.25) is 4.79 Å². The van der Waals surface area contributed by atoms with E-state index in [-0.39, 0.29) is 17.1 Å². The van der Waals surface area contributed by atoms with Gasteiger partial charge in [0.25, 0.3) is 6.79 Å². The molecular formula is CFeO5P. The zero-order valence-electron chi connectivity index (χ0n) is 3.34. The van der Waals surface area contributed by atoms with Gasteiger partial charge in [0, 0.05) is 0 Å². The number of hydrogen-bond donors (Lipinski definition) is 0. The van der Waals surface area contributed by atoms with Crippen LogP contribution in [0.25, 0.3) is 0 Å². The molecule has 0 N–H and O–H groups in total. The van der Waals surface area contributed by atoms with Crippen molar-refractivity contribution >= 4 is 14.6 Å². The largest absolute Gasteiger partial charge is 3.00 e. The number of rotatable bonds is 0. The summed E-state index contributed by atoms with van der Waals surface area (Å²) >= 11 is 0. The van der Waals surface area contributed by atoms with Crippen molar-refractivity contribution in [1.82, 2.24) is 0 Å². The van der Waals surface area contributed by atoms with Crippen molar-refractivity contribution in [2.75, 3.05) is 0 Å². The van der Waals surface area contributed by atoms with Crippen LogP contribution in [-0.4, -0.2) is 6.79 Å². The van der Waals surface area contributed by atoms with Gasteiger partial charge >= 0.3 is 17.1 Å². The zero-order valence-corrected chi connectivity index (χ0v) is 5.34. The van der Waals surface area contributed by atoms with Gasteiger partial charge < -0.3 is 19.2 Å². The molecule has 0 bridgehead atoms. The molecule has 5 nitrogen and oxygen atoms in total. The van der Waals surface area contributed by atoms with E-state index in [1.54, 1.807) is 0 Å². The first-order chi connectivity index (χ1) is 3.00. The van der Waals surface area contributed by atoms with Crippen LogP contribution in [0.15, 0.2) is 0 Å². The summed E-state index contributed by atoms with van der Waals surface area (Å²) in [6, 6.07) is 0. The molecule has 0 heterocycles. The molecule has 0 amide bonds. The van der Waals surface area contributed by atoms with Gasteiger partial charge in [0.1, 0.15) is 0 Å². The minimum atomic E-state index is -5.39. The molecule has 0 rings (SSSR count). The van der Waals surface area contributed by atoms with Crippen molar-refractivity contribution in [3.63, 3.8) is 0 Å². The molecule has 3 radical (unpaired) electrons. The molecule has 0 aliphatic rings. The third-order valence-electron chi connectivity index (χ3n) is 0. The Morgan fingerprint density at radius 2 is 1.12 bits per heavy atom. The van der Waals surface area contributed by atoms with Crippen molar-refractivity contribution < 1.29 is 41.1 Å². The molecule has 0 saturated heterocycles. The second-order valence-corrected chi connectivity index (χ2v) is 1.34. The van der Waals surface area contributed by atoms with Gasteiger partial charge in [-0.05, 0) is 0 Å². The normalized spacial score (nSPS) is 7.88. The minimum absolute atomic E-state index is 0. The Balaban J connectivity index is -0.0000000750. The third kappa shape index (κ3) is 1970. The molecule has 0 aliphatic heterocycles. The van der Waals surface area contributed by atoms with Crippen LogP contribution in [0.1, 0.15) is 0 Å². The molecule has 7 heteroatoms. The van der Waals surface area contributed by atoms with E-state index in [1.165, 1.54) is 0 Å². The van der Waals surface area contributed by atoms with Crippen LogP contribution in [0.3, 0.4) is 0 Å². The Labute approximate surface area is 56.4 Å². The summed E-state index contributed by atoms with van der Waals surface area (Å²) in [6.07, 6.45) is 0. The third-order valence-corrected chi connectivity index (χ3v) is 0. The predicted octanol–water partition coefficient (Wildman–Crippen LogP) is -3.22. The van der Waals surface area contributed by atoms with Gasteiger partial charge in [0.2, 0.25) is 0 Å². The standard InChI is InChI=1S/CO.Fe.H3O4P/c1-2;;1-5(2,3)4/h;;(H3,1,2,3,4)/q;+3;/p-3. The average molecular weight is 179 g/mol. The van der Waals surface area contributed by atoms with Crippen molar-refractivity contribution in [2.24, 2.45) is 0 Å². The molecule has 0 spiro atoms. The Morgan fingerprint density at radius 3 is 1.12 bits per heavy atom. The first kappa shape index (κ1) is 15.7. The molecular weight excluding hydrogens is 179 g/mol. The van der Waals surface area contributed by atoms with E-state index >= 15 is 0 Å². The van der Waals surface area contributed by atoms with Gasteiger partial charge in [0.05, 0.1) is 0 Å². The maximum absolute atomic E-state index is 8.55. The molecule has 0 aromatic carbocycles. The molecule has 0 aliphatic carbocycles. The van der Waals surface area contributed by atoms with Gasteiger partial charge in [-0.15, -0.1) is 0 Å². The topological polar surface area (TPSA) is 103 Å². The number of phosphoric acid groups is 1. The van der Waals surface area contributed by atoms with Crippen molar-refractivity contribution in [3.8, 4) is 0 Å². The van der Waals surface area contributed by atoms with Crippen LogP contribution < -0.4 is 14.7 Å². The van der Waals surface area contributed by atoms with Crippen LogP contribution in [-0.2, 0) is 26.4 Å². The summed E-state index contributed by atoms with van der Waals surface area (Å²) in [4.78, 5) is 33.1.